The van der Waals surface area contributed by atoms with Crippen LogP contribution in [-0.4, -0.2) is 19.7 Å². The van der Waals surface area contributed by atoms with Crippen LogP contribution >= 0.6 is 0 Å². The van der Waals surface area contributed by atoms with Crippen molar-refractivity contribution in [3.05, 3.63) is 42.0 Å². The lowest BCUT2D eigenvalue weighted by molar-refractivity contribution is 0.0603. The molecule has 0 bridgehead atoms. The van der Waals surface area contributed by atoms with Gasteiger partial charge in [-0.15, -0.1) is 0 Å². The molecule has 3 nitrogen and oxygen atoms in total. The minimum Gasteiger partial charge on any atom is -0.494 e. The molecule has 3 heteroatoms. The molecule has 0 aliphatic heterocycles. The van der Waals surface area contributed by atoms with Gasteiger partial charge in [0.25, 0.3) is 0 Å². The largest absolute Gasteiger partial charge is 0.494 e. The summed E-state index contributed by atoms with van der Waals surface area (Å²) < 4.78 is 10.5. The summed E-state index contributed by atoms with van der Waals surface area (Å²) in [6.45, 7) is 2.90. The van der Waals surface area contributed by atoms with Crippen molar-refractivity contribution >= 4 is 16.7 Å². The molecule has 0 atom stereocenters. The van der Waals surface area contributed by atoms with E-state index in [1.807, 2.05) is 30.3 Å². The Labute approximate surface area is 119 Å². The second kappa shape index (κ2) is 6.94. The number of fused-ring (bicyclic) bond motifs is 1. The number of methoxy groups -OCH3 is 1. The molecule has 0 spiro atoms. The quantitative estimate of drug-likeness (QED) is 0.584. The second-order valence-electron chi connectivity index (χ2n) is 4.74. The van der Waals surface area contributed by atoms with Gasteiger partial charge >= 0.3 is 5.97 Å². The lowest BCUT2D eigenvalue weighted by atomic mass is 10.0. The van der Waals surface area contributed by atoms with Crippen LogP contribution in [0.4, 0.5) is 0 Å². The highest BCUT2D eigenvalue weighted by Gasteiger charge is 2.10. The van der Waals surface area contributed by atoms with Crippen LogP contribution < -0.4 is 4.74 Å². The average molecular weight is 272 g/mol. The summed E-state index contributed by atoms with van der Waals surface area (Å²) >= 11 is 0. The lowest BCUT2D eigenvalue weighted by Gasteiger charge is -2.09. The van der Waals surface area contributed by atoms with Crippen molar-refractivity contribution in [2.24, 2.45) is 0 Å². The first-order valence-electron chi connectivity index (χ1n) is 7.00. The predicted molar refractivity (Wildman–Crippen MR) is 80.3 cm³/mol. The molecule has 0 aliphatic carbocycles. The maximum atomic E-state index is 11.7. The van der Waals surface area contributed by atoms with Gasteiger partial charge in [-0.25, -0.2) is 4.79 Å². The first-order chi connectivity index (χ1) is 9.76. The van der Waals surface area contributed by atoms with Gasteiger partial charge in [0.05, 0.1) is 19.3 Å². The fraction of sp³-hybridized carbons (Fsp3) is 0.353. The summed E-state index contributed by atoms with van der Waals surface area (Å²) in [5, 5.41) is 1.88. The molecule has 0 N–H and O–H groups in total. The van der Waals surface area contributed by atoms with Crippen LogP contribution in [0.1, 0.15) is 36.5 Å². The Morgan fingerprint density at radius 1 is 1.15 bits per heavy atom. The molecule has 20 heavy (non-hydrogen) atoms. The van der Waals surface area contributed by atoms with E-state index in [0.29, 0.717) is 5.56 Å². The molecule has 106 valence electrons. The minimum absolute atomic E-state index is 0.313. The van der Waals surface area contributed by atoms with Crippen molar-refractivity contribution in [1.82, 2.24) is 0 Å². The topological polar surface area (TPSA) is 35.5 Å². The van der Waals surface area contributed by atoms with Crippen molar-refractivity contribution in [2.45, 2.75) is 26.2 Å². The first kappa shape index (κ1) is 14.4. The summed E-state index contributed by atoms with van der Waals surface area (Å²) in [4.78, 5) is 11.7. The van der Waals surface area contributed by atoms with Crippen molar-refractivity contribution in [3.63, 3.8) is 0 Å². The Hall–Kier alpha value is -2.03. The molecule has 2 aromatic rings. The van der Waals surface area contributed by atoms with Gasteiger partial charge < -0.3 is 9.47 Å². The molecule has 0 amide bonds. The van der Waals surface area contributed by atoms with E-state index in [9.17, 15) is 4.79 Å². The van der Waals surface area contributed by atoms with Gasteiger partial charge in [-0.1, -0.05) is 31.9 Å². The fourth-order valence-electron chi connectivity index (χ4n) is 2.18. The van der Waals surface area contributed by atoms with Crippen LogP contribution in [0.15, 0.2) is 36.4 Å². The van der Waals surface area contributed by atoms with Gasteiger partial charge in [0.2, 0.25) is 0 Å². The van der Waals surface area contributed by atoms with Gasteiger partial charge in [0.15, 0.2) is 0 Å². The standard InChI is InChI=1S/C17H20O3/c1-3-4-5-11-20-14-9-10-15-13(12-14)7-6-8-16(15)17(18)19-2/h6-10,12H,3-5,11H2,1-2H3. The summed E-state index contributed by atoms with van der Waals surface area (Å²) in [7, 11) is 1.40. The molecule has 0 heterocycles. The third-order valence-electron chi connectivity index (χ3n) is 3.27. The monoisotopic (exact) mass is 272 g/mol. The Balaban J connectivity index is 2.20. The zero-order valence-corrected chi connectivity index (χ0v) is 12.0. The number of carbonyl (C=O) groups excluding carboxylic acids is 1. The average Bonchev–Trinajstić information content (AvgIpc) is 2.50. The van der Waals surface area contributed by atoms with Crippen molar-refractivity contribution in [3.8, 4) is 5.75 Å². The number of benzene rings is 2. The number of hydrogen-bond acceptors (Lipinski definition) is 3. The van der Waals surface area contributed by atoms with Gasteiger partial charge in [0.1, 0.15) is 5.75 Å². The maximum absolute atomic E-state index is 11.7. The number of carbonyl (C=O) groups is 1. The van der Waals surface area contributed by atoms with Crippen molar-refractivity contribution in [1.29, 1.82) is 0 Å². The van der Waals surface area contributed by atoms with Gasteiger partial charge in [-0.3, -0.25) is 0 Å². The number of unbranched alkanes of at least 4 members (excludes halogenated alkanes) is 2. The third kappa shape index (κ3) is 3.29. The Kier molecular flexibility index (Phi) is 4.99. The molecule has 2 rings (SSSR count). The molecule has 0 unspecified atom stereocenters. The Bertz CT molecular complexity index is 590. The zero-order chi connectivity index (χ0) is 14.4. The smallest absolute Gasteiger partial charge is 0.338 e. The van der Waals surface area contributed by atoms with E-state index >= 15 is 0 Å². The molecule has 2 aromatic carbocycles. The second-order valence-corrected chi connectivity index (χ2v) is 4.74. The Morgan fingerprint density at radius 2 is 2.00 bits per heavy atom. The summed E-state index contributed by atoms with van der Waals surface area (Å²) in [6.07, 6.45) is 3.43. The van der Waals surface area contributed by atoms with Crippen LogP contribution in [0.25, 0.3) is 10.8 Å². The van der Waals surface area contributed by atoms with Crippen LogP contribution in [0.2, 0.25) is 0 Å². The molecule has 0 fully saturated rings. The summed E-state index contributed by atoms with van der Waals surface area (Å²) in [5.74, 6) is 0.530. The van der Waals surface area contributed by atoms with E-state index in [2.05, 4.69) is 6.92 Å². The normalized spacial score (nSPS) is 10.5. The molecular formula is C17H20O3. The zero-order valence-electron chi connectivity index (χ0n) is 12.0. The van der Waals surface area contributed by atoms with Crippen LogP contribution in [-0.2, 0) is 4.74 Å². The molecule has 0 aromatic heterocycles. The lowest BCUT2D eigenvalue weighted by Crippen LogP contribution is -2.02. The number of hydrogen-bond donors (Lipinski definition) is 0. The molecule has 0 saturated heterocycles. The van der Waals surface area contributed by atoms with Gasteiger partial charge in [0, 0.05) is 0 Å². The van der Waals surface area contributed by atoms with E-state index in [1.165, 1.54) is 20.0 Å². The van der Waals surface area contributed by atoms with Gasteiger partial charge in [-0.2, -0.15) is 0 Å². The highest BCUT2D eigenvalue weighted by molar-refractivity contribution is 6.04. The van der Waals surface area contributed by atoms with E-state index in [4.69, 9.17) is 9.47 Å². The molecule has 0 aliphatic rings. The maximum Gasteiger partial charge on any atom is 0.338 e. The van der Waals surface area contributed by atoms with E-state index in [-0.39, 0.29) is 5.97 Å². The third-order valence-corrected chi connectivity index (χ3v) is 3.27. The van der Waals surface area contributed by atoms with Crippen molar-refractivity contribution < 1.29 is 14.3 Å². The summed E-state index contributed by atoms with van der Waals surface area (Å²) in [5.41, 5.74) is 0.586. The van der Waals surface area contributed by atoms with E-state index < -0.39 is 0 Å². The number of esters is 1. The predicted octanol–water partition coefficient (Wildman–Crippen LogP) is 4.20. The molecule has 0 radical (unpaired) electrons. The molecule has 0 saturated carbocycles. The number of rotatable bonds is 6. The summed E-state index contributed by atoms with van der Waals surface area (Å²) in [6, 6.07) is 11.4. The minimum atomic E-state index is -0.313. The first-order valence-corrected chi connectivity index (χ1v) is 7.00. The van der Waals surface area contributed by atoms with Crippen molar-refractivity contribution in [2.75, 3.05) is 13.7 Å². The SMILES string of the molecule is CCCCCOc1ccc2c(C(=O)OC)cccc2c1. The highest BCUT2D eigenvalue weighted by atomic mass is 16.5. The highest BCUT2D eigenvalue weighted by Crippen LogP contribution is 2.24. The van der Waals surface area contributed by atoms with Crippen LogP contribution in [0.5, 0.6) is 5.75 Å². The van der Waals surface area contributed by atoms with Crippen LogP contribution in [0, 0.1) is 0 Å². The van der Waals surface area contributed by atoms with Crippen LogP contribution in [0.3, 0.4) is 0 Å². The van der Waals surface area contributed by atoms with E-state index in [1.54, 1.807) is 6.07 Å². The van der Waals surface area contributed by atoms with Gasteiger partial charge in [-0.05, 0) is 41.5 Å². The fourth-order valence-corrected chi connectivity index (χ4v) is 2.18. The number of ether oxygens (including phenoxy) is 2. The van der Waals surface area contributed by atoms with E-state index in [0.717, 1.165) is 29.5 Å². The Morgan fingerprint density at radius 3 is 2.75 bits per heavy atom. The molecular weight excluding hydrogens is 252 g/mol.